The van der Waals surface area contributed by atoms with Crippen molar-refractivity contribution in [3.05, 3.63) is 41.5 Å². The average molecular weight is 258 g/mol. The van der Waals surface area contributed by atoms with Crippen LogP contribution in [0.2, 0.25) is 0 Å². The SMILES string of the molecule is CCCNC(C)c1ccccc1N1CC=C(C)CC1. The van der Waals surface area contributed by atoms with Crippen molar-refractivity contribution in [3.63, 3.8) is 0 Å². The Labute approximate surface area is 117 Å². The summed E-state index contributed by atoms with van der Waals surface area (Å²) < 4.78 is 0. The molecule has 0 amide bonds. The third-order valence-electron chi connectivity index (χ3n) is 3.88. The zero-order valence-electron chi connectivity index (χ0n) is 12.4. The molecule has 1 unspecified atom stereocenters. The molecule has 0 aromatic heterocycles. The lowest BCUT2D eigenvalue weighted by atomic mass is 10.0. The Morgan fingerprint density at radius 1 is 1.32 bits per heavy atom. The first kappa shape index (κ1) is 14.1. The zero-order valence-corrected chi connectivity index (χ0v) is 12.4. The molecule has 2 heteroatoms. The minimum absolute atomic E-state index is 0.420. The van der Waals surface area contributed by atoms with E-state index in [1.807, 2.05) is 0 Å². The van der Waals surface area contributed by atoms with Gasteiger partial charge >= 0.3 is 0 Å². The molecule has 104 valence electrons. The van der Waals surface area contributed by atoms with Crippen LogP contribution in [-0.2, 0) is 0 Å². The lowest BCUT2D eigenvalue weighted by molar-refractivity contribution is 0.569. The number of benzene rings is 1. The first-order valence-corrected chi connectivity index (χ1v) is 7.45. The van der Waals surface area contributed by atoms with Gasteiger partial charge in [0, 0.05) is 24.8 Å². The number of rotatable bonds is 5. The van der Waals surface area contributed by atoms with Crippen LogP contribution in [-0.4, -0.2) is 19.6 Å². The smallest absolute Gasteiger partial charge is 0.0417 e. The predicted octanol–water partition coefficient (Wildman–Crippen LogP) is 3.90. The molecule has 0 aliphatic carbocycles. The first-order valence-electron chi connectivity index (χ1n) is 7.45. The van der Waals surface area contributed by atoms with E-state index in [2.05, 4.69) is 61.3 Å². The molecule has 19 heavy (non-hydrogen) atoms. The number of nitrogens with one attached hydrogen (secondary N) is 1. The molecule has 0 radical (unpaired) electrons. The van der Waals surface area contributed by atoms with Gasteiger partial charge in [-0.3, -0.25) is 0 Å². The molecule has 1 N–H and O–H groups in total. The summed E-state index contributed by atoms with van der Waals surface area (Å²) in [6, 6.07) is 9.23. The molecule has 1 aromatic carbocycles. The molecule has 1 atom stereocenters. The summed E-state index contributed by atoms with van der Waals surface area (Å²) in [4.78, 5) is 2.49. The van der Waals surface area contributed by atoms with Crippen molar-refractivity contribution in [1.29, 1.82) is 0 Å². The highest BCUT2D eigenvalue weighted by Gasteiger charge is 2.16. The second-order valence-corrected chi connectivity index (χ2v) is 5.48. The van der Waals surface area contributed by atoms with Crippen LogP contribution < -0.4 is 10.2 Å². The standard InChI is InChI=1S/C17H26N2/c1-4-11-18-15(3)16-7-5-6-8-17(16)19-12-9-14(2)10-13-19/h5-9,15,18H,4,10-13H2,1-3H3. The van der Waals surface area contributed by atoms with E-state index < -0.39 is 0 Å². The predicted molar refractivity (Wildman–Crippen MR) is 83.7 cm³/mol. The van der Waals surface area contributed by atoms with E-state index in [-0.39, 0.29) is 0 Å². The molecule has 1 heterocycles. The second-order valence-electron chi connectivity index (χ2n) is 5.48. The molecule has 1 aromatic rings. The van der Waals surface area contributed by atoms with Crippen LogP contribution in [0.25, 0.3) is 0 Å². The molecule has 0 spiro atoms. The highest BCUT2D eigenvalue weighted by Crippen LogP contribution is 2.28. The Morgan fingerprint density at radius 3 is 2.79 bits per heavy atom. The van der Waals surface area contributed by atoms with Gasteiger partial charge in [-0.15, -0.1) is 0 Å². The molecule has 1 aliphatic rings. The minimum Gasteiger partial charge on any atom is -0.367 e. The largest absolute Gasteiger partial charge is 0.367 e. The van der Waals surface area contributed by atoms with E-state index in [1.165, 1.54) is 29.7 Å². The van der Waals surface area contributed by atoms with E-state index in [9.17, 15) is 0 Å². The molecule has 0 fully saturated rings. The van der Waals surface area contributed by atoms with Gasteiger partial charge in [0.25, 0.3) is 0 Å². The summed E-state index contributed by atoms with van der Waals surface area (Å²) in [5, 5.41) is 3.59. The number of anilines is 1. The van der Waals surface area contributed by atoms with Gasteiger partial charge in [-0.2, -0.15) is 0 Å². The number of para-hydroxylation sites is 1. The van der Waals surface area contributed by atoms with Crippen molar-refractivity contribution in [3.8, 4) is 0 Å². The lowest BCUT2D eigenvalue weighted by Gasteiger charge is -2.31. The van der Waals surface area contributed by atoms with Crippen LogP contribution in [0.1, 0.15) is 45.2 Å². The Hall–Kier alpha value is -1.28. The van der Waals surface area contributed by atoms with E-state index in [0.29, 0.717) is 6.04 Å². The molecule has 0 bridgehead atoms. The summed E-state index contributed by atoms with van der Waals surface area (Å²) in [6.45, 7) is 9.97. The Kier molecular flexibility index (Phi) is 5.03. The normalized spacial score (nSPS) is 17.2. The Morgan fingerprint density at radius 2 is 2.11 bits per heavy atom. The Bertz CT molecular complexity index is 437. The van der Waals surface area contributed by atoms with Crippen molar-refractivity contribution >= 4 is 5.69 Å². The van der Waals surface area contributed by atoms with E-state index in [0.717, 1.165) is 19.6 Å². The fourth-order valence-electron chi connectivity index (χ4n) is 2.60. The average Bonchev–Trinajstić information content (AvgIpc) is 2.45. The number of hydrogen-bond acceptors (Lipinski definition) is 2. The van der Waals surface area contributed by atoms with Crippen molar-refractivity contribution in [1.82, 2.24) is 5.32 Å². The number of hydrogen-bond donors (Lipinski definition) is 1. The fourth-order valence-corrected chi connectivity index (χ4v) is 2.60. The summed E-state index contributed by atoms with van der Waals surface area (Å²) in [7, 11) is 0. The van der Waals surface area contributed by atoms with Gasteiger partial charge in [0.05, 0.1) is 0 Å². The minimum atomic E-state index is 0.420. The van der Waals surface area contributed by atoms with Crippen molar-refractivity contribution in [2.24, 2.45) is 0 Å². The molecule has 0 saturated heterocycles. The topological polar surface area (TPSA) is 15.3 Å². The molecular weight excluding hydrogens is 232 g/mol. The van der Waals surface area contributed by atoms with E-state index in [1.54, 1.807) is 0 Å². The molecule has 2 nitrogen and oxygen atoms in total. The highest BCUT2D eigenvalue weighted by molar-refractivity contribution is 5.56. The molecule has 1 aliphatic heterocycles. The van der Waals surface area contributed by atoms with Gasteiger partial charge in [0.15, 0.2) is 0 Å². The van der Waals surface area contributed by atoms with Gasteiger partial charge in [0.2, 0.25) is 0 Å². The maximum Gasteiger partial charge on any atom is 0.0417 e. The summed E-state index contributed by atoms with van der Waals surface area (Å²) in [5.74, 6) is 0. The van der Waals surface area contributed by atoms with Crippen LogP contribution in [0.4, 0.5) is 5.69 Å². The molecule has 2 rings (SSSR count). The maximum absolute atomic E-state index is 3.59. The van der Waals surface area contributed by atoms with Crippen molar-refractivity contribution in [2.75, 3.05) is 24.5 Å². The summed E-state index contributed by atoms with van der Waals surface area (Å²) >= 11 is 0. The van der Waals surface area contributed by atoms with Crippen molar-refractivity contribution < 1.29 is 0 Å². The van der Waals surface area contributed by atoms with Crippen LogP contribution >= 0.6 is 0 Å². The number of nitrogens with zero attached hydrogens (tertiary/aromatic N) is 1. The summed E-state index contributed by atoms with van der Waals surface area (Å²) in [6.07, 6.45) is 4.72. The first-order chi connectivity index (χ1) is 9.22. The maximum atomic E-state index is 3.59. The van der Waals surface area contributed by atoms with Gasteiger partial charge < -0.3 is 10.2 Å². The van der Waals surface area contributed by atoms with E-state index in [4.69, 9.17) is 0 Å². The zero-order chi connectivity index (χ0) is 13.7. The second kappa shape index (κ2) is 6.76. The summed E-state index contributed by atoms with van der Waals surface area (Å²) in [5.41, 5.74) is 4.33. The molecular formula is C17H26N2. The highest BCUT2D eigenvalue weighted by atomic mass is 15.1. The van der Waals surface area contributed by atoms with Crippen LogP contribution in [0.3, 0.4) is 0 Å². The lowest BCUT2D eigenvalue weighted by Crippen LogP contribution is -2.30. The quantitative estimate of drug-likeness (QED) is 0.806. The van der Waals surface area contributed by atoms with Crippen molar-refractivity contribution in [2.45, 2.75) is 39.7 Å². The fraction of sp³-hybridized carbons (Fsp3) is 0.529. The van der Waals surface area contributed by atoms with E-state index >= 15 is 0 Å². The van der Waals surface area contributed by atoms with Gasteiger partial charge in [-0.1, -0.05) is 36.8 Å². The third kappa shape index (κ3) is 3.60. The van der Waals surface area contributed by atoms with Gasteiger partial charge in [0.1, 0.15) is 0 Å². The van der Waals surface area contributed by atoms with Crippen LogP contribution in [0, 0.1) is 0 Å². The van der Waals surface area contributed by atoms with Crippen LogP contribution in [0.15, 0.2) is 35.9 Å². The Balaban J connectivity index is 2.16. The van der Waals surface area contributed by atoms with Gasteiger partial charge in [-0.05, 0) is 44.9 Å². The van der Waals surface area contributed by atoms with Gasteiger partial charge in [-0.25, -0.2) is 0 Å². The third-order valence-corrected chi connectivity index (χ3v) is 3.88. The van der Waals surface area contributed by atoms with Crippen LogP contribution in [0.5, 0.6) is 0 Å². The monoisotopic (exact) mass is 258 g/mol. The molecule has 0 saturated carbocycles.